The molecule has 0 fully saturated rings. The van der Waals surface area contributed by atoms with Crippen LogP contribution < -0.4 is 4.74 Å². The summed E-state index contributed by atoms with van der Waals surface area (Å²) in [6.07, 6.45) is -0.0469. The molecular weight excluding hydrogens is 208 g/mol. The van der Waals surface area contributed by atoms with Gasteiger partial charge < -0.3 is 9.84 Å². The minimum atomic E-state index is -0.897. The van der Waals surface area contributed by atoms with E-state index < -0.39 is 11.9 Å². The molecule has 84 valence electrons. The van der Waals surface area contributed by atoms with Crippen molar-refractivity contribution >= 4 is 11.9 Å². The third-order valence-electron chi connectivity index (χ3n) is 1.84. The Labute approximate surface area is 93.2 Å². The number of aliphatic carboxylic acids is 1. The molecule has 0 amide bonds. The fourth-order valence-corrected chi connectivity index (χ4v) is 1.04. The second-order valence-electron chi connectivity index (χ2n) is 3.38. The lowest BCUT2D eigenvalue weighted by atomic mass is 10.1. The van der Waals surface area contributed by atoms with E-state index in [1.807, 2.05) is 0 Å². The van der Waals surface area contributed by atoms with Crippen LogP contribution in [0.3, 0.4) is 0 Å². The highest BCUT2D eigenvalue weighted by atomic mass is 16.5. The average molecular weight is 220 g/mol. The molecule has 0 unspecified atom stereocenters. The number of rotatable bonds is 4. The zero-order valence-corrected chi connectivity index (χ0v) is 8.90. The predicted octanol–water partition coefficient (Wildman–Crippen LogP) is 1.80. The van der Waals surface area contributed by atoms with Crippen molar-refractivity contribution < 1.29 is 19.4 Å². The number of carboxylic acid groups (broad SMARTS) is 1. The van der Waals surface area contributed by atoms with Crippen LogP contribution in [0.5, 0.6) is 5.75 Å². The van der Waals surface area contributed by atoms with Crippen LogP contribution in [-0.2, 0) is 16.0 Å². The van der Waals surface area contributed by atoms with Crippen LogP contribution in [0.4, 0.5) is 0 Å². The molecule has 0 saturated heterocycles. The van der Waals surface area contributed by atoms with Crippen molar-refractivity contribution in [2.45, 2.75) is 13.3 Å². The van der Waals surface area contributed by atoms with Gasteiger partial charge in [0.2, 0.25) is 0 Å². The molecule has 4 heteroatoms. The van der Waals surface area contributed by atoms with Crippen molar-refractivity contribution in [1.82, 2.24) is 0 Å². The van der Waals surface area contributed by atoms with Crippen molar-refractivity contribution in [2.75, 3.05) is 0 Å². The Morgan fingerprint density at radius 3 is 2.31 bits per heavy atom. The predicted molar refractivity (Wildman–Crippen MR) is 58.2 cm³/mol. The molecule has 0 aliphatic carbocycles. The summed E-state index contributed by atoms with van der Waals surface area (Å²) in [4.78, 5) is 21.6. The number of esters is 1. The molecular formula is C12H12O4. The lowest BCUT2D eigenvalue weighted by Crippen LogP contribution is -2.08. The first kappa shape index (κ1) is 12.0. The Hall–Kier alpha value is -2.10. The van der Waals surface area contributed by atoms with Crippen LogP contribution in [0.1, 0.15) is 12.5 Å². The number of hydrogen-bond acceptors (Lipinski definition) is 3. The van der Waals surface area contributed by atoms with Gasteiger partial charge in [0.15, 0.2) is 0 Å². The van der Waals surface area contributed by atoms with Crippen molar-refractivity contribution in [1.29, 1.82) is 0 Å². The van der Waals surface area contributed by atoms with E-state index >= 15 is 0 Å². The summed E-state index contributed by atoms with van der Waals surface area (Å²) in [7, 11) is 0. The Balaban J connectivity index is 2.68. The van der Waals surface area contributed by atoms with E-state index in [0.29, 0.717) is 16.9 Å². The van der Waals surface area contributed by atoms with Gasteiger partial charge in [0.25, 0.3) is 0 Å². The number of benzene rings is 1. The Kier molecular flexibility index (Phi) is 3.83. The van der Waals surface area contributed by atoms with Gasteiger partial charge in [-0.15, -0.1) is 0 Å². The van der Waals surface area contributed by atoms with Crippen LogP contribution in [-0.4, -0.2) is 17.0 Å². The number of carboxylic acids is 1. The quantitative estimate of drug-likeness (QED) is 0.477. The van der Waals surface area contributed by atoms with Crippen molar-refractivity contribution in [2.24, 2.45) is 0 Å². The van der Waals surface area contributed by atoms with Crippen LogP contribution in [0.25, 0.3) is 0 Å². The molecule has 0 radical (unpaired) electrons. The third kappa shape index (κ3) is 3.57. The molecule has 0 heterocycles. The van der Waals surface area contributed by atoms with Crippen LogP contribution in [0.15, 0.2) is 36.4 Å². The van der Waals surface area contributed by atoms with Gasteiger partial charge in [-0.2, -0.15) is 0 Å². The molecule has 0 aliphatic rings. The first-order valence-corrected chi connectivity index (χ1v) is 4.67. The number of carbonyl (C=O) groups excluding carboxylic acids is 1. The van der Waals surface area contributed by atoms with E-state index in [4.69, 9.17) is 9.84 Å². The van der Waals surface area contributed by atoms with Crippen molar-refractivity contribution in [3.63, 3.8) is 0 Å². The van der Waals surface area contributed by atoms with Crippen LogP contribution in [0, 0.1) is 0 Å². The van der Waals surface area contributed by atoms with Crippen molar-refractivity contribution in [3.8, 4) is 5.75 Å². The summed E-state index contributed by atoms with van der Waals surface area (Å²) in [5.41, 5.74) is 0.970. The molecule has 0 atom stereocenters. The Morgan fingerprint density at radius 1 is 1.31 bits per heavy atom. The summed E-state index contributed by atoms with van der Waals surface area (Å²) in [6.45, 7) is 5.01. The summed E-state index contributed by atoms with van der Waals surface area (Å²) in [6, 6.07) is 6.32. The molecule has 4 nitrogen and oxygen atoms in total. The highest BCUT2D eigenvalue weighted by molar-refractivity contribution is 5.88. The first-order valence-electron chi connectivity index (χ1n) is 4.67. The normalized spacial score (nSPS) is 9.56. The molecule has 16 heavy (non-hydrogen) atoms. The molecule has 0 aliphatic heterocycles. The molecule has 0 saturated carbocycles. The first-order chi connectivity index (χ1) is 7.49. The summed E-state index contributed by atoms with van der Waals surface area (Å²) >= 11 is 0. The summed E-state index contributed by atoms with van der Waals surface area (Å²) in [5, 5.41) is 8.56. The van der Waals surface area contributed by atoms with Gasteiger partial charge in [0.1, 0.15) is 5.75 Å². The van der Waals surface area contributed by atoms with Gasteiger partial charge in [-0.3, -0.25) is 4.79 Å². The molecule has 1 aromatic rings. The van der Waals surface area contributed by atoms with E-state index in [1.165, 1.54) is 0 Å². The van der Waals surface area contributed by atoms with Crippen molar-refractivity contribution in [3.05, 3.63) is 42.0 Å². The lowest BCUT2D eigenvalue weighted by molar-refractivity contribution is -0.136. The second-order valence-corrected chi connectivity index (χ2v) is 3.38. The van der Waals surface area contributed by atoms with E-state index in [2.05, 4.69) is 6.58 Å². The van der Waals surface area contributed by atoms with Gasteiger partial charge in [0.05, 0.1) is 6.42 Å². The molecule has 1 N–H and O–H groups in total. The van der Waals surface area contributed by atoms with E-state index in [1.54, 1.807) is 31.2 Å². The zero-order valence-electron chi connectivity index (χ0n) is 8.90. The maximum absolute atomic E-state index is 11.2. The molecule has 0 aromatic heterocycles. The van der Waals surface area contributed by atoms with Gasteiger partial charge in [-0.25, -0.2) is 4.79 Å². The lowest BCUT2D eigenvalue weighted by Gasteiger charge is -2.04. The molecule has 0 bridgehead atoms. The number of ether oxygens (including phenoxy) is 1. The summed E-state index contributed by atoms with van der Waals surface area (Å²) < 4.78 is 4.95. The maximum atomic E-state index is 11.2. The van der Waals surface area contributed by atoms with E-state index in [9.17, 15) is 9.59 Å². The van der Waals surface area contributed by atoms with Gasteiger partial charge in [-0.1, -0.05) is 18.7 Å². The topological polar surface area (TPSA) is 63.6 Å². The number of carbonyl (C=O) groups is 2. The van der Waals surface area contributed by atoms with Gasteiger partial charge >= 0.3 is 11.9 Å². The Morgan fingerprint density at radius 2 is 1.88 bits per heavy atom. The standard InChI is InChI=1S/C12H12O4/c1-8(2)12(15)16-10-5-3-9(4-6-10)7-11(13)14/h3-6H,1,7H2,2H3,(H,13,14). The smallest absolute Gasteiger partial charge is 0.338 e. The highest BCUT2D eigenvalue weighted by Gasteiger charge is 2.05. The highest BCUT2D eigenvalue weighted by Crippen LogP contribution is 2.13. The fourth-order valence-electron chi connectivity index (χ4n) is 1.04. The monoisotopic (exact) mass is 220 g/mol. The molecule has 0 spiro atoms. The average Bonchev–Trinajstić information content (AvgIpc) is 2.20. The SMILES string of the molecule is C=C(C)C(=O)Oc1ccc(CC(=O)O)cc1. The number of hydrogen-bond donors (Lipinski definition) is 1. The maximum Gasteiger partial charge on any atom is 0.338 e. The molecule has 1 rings (SSSR count). The second kappa shape index (κ2) is 5.11. The van der Waals surface area contributed by atoms with Crippen LogP contribution >= 0.6 is 0 Å². The van der Waals surface area contributed by atoms with E-state index in [0.717, 1.165) is 0 Å². The minimum absolute atomic E-state index is 0.0469. The van der Waals surface area contributed by atoms with Crippen LogP contribution in [0.2, 0.25) is 0 Å². The Bertz CT molecular complexity index is 417. The summed E-state index contributed by atoms with van der Waals surface area (Å²) in [5.74, 6) is -1.01. The van der Waals surface area contributed by atoms with E-state index in [-0.39, 0.29) is 6.42 Å². The van der Waals surface area contributed by atoms with Gasteiger partial charge in [0, 0.05) is 5.57 Å². The van der Waals surface area contributed by atoms with Gasteiger partial charge in [-0.05, 0) is 24.6 Å². The minimum Gasteiger partial charge on any atom is -0.481 e. The third-order valence-corrected chi connectivity index (χ3v) is 1.84. The fraction of sp³-hybridized carbons (Fsp3) is 0.167. The molecule has 1 aromatic carbocycles. The zero-order chi connectivity index (χ0) is 12.1. The largest absolute Gasteiger partial charge is 0.481 e.